The van der Waals surface area contributed by atoms with Gasteiger partial charge >= 0.3 is 0 Å². The summed E-state index contributed by atoms with van der Waals surface area (Å²) in [6.45, 7) is 0. The maximum absolute atomic E-state index is 13.4. The Morgan fingerprint density at radius 1 is 0.643 bits per heavy atom. The van der Waals surface area contributed by atoms with Crippen LogP contribution in [0.15, 0.2) is 36.4 Å². The van der Waals surface area contributed by atoms with Crippen LogP contribution in [0.4, 0.5) is 8.78 Å². The molecule has 0 aliphatic heterocycles. The molecule has 0 saturated carbocycles. The van der Waals surface area contributed by atoms with E-state index in [-0.39, 0.29) is 11.6 Å². The number of hydrogen-bond acceptors (Lipinski definition) is 0. The van der Waals surface area contributed by atoms with Crippen molar-refractivity contribution < 1.29 is 8.78 Å². The predicted octanol–water partition coefficient (Wildman–Crippen LogP) is 3.61. The molecule has 6 rings (SSSR count). The summed E-state index contributed by atoms with van der Waals surface area (Å²) in [5.41, 5.74) is 2.10. The zero-order valence-corrected chi connectivity index (χ0v) is 7.22. The van der Waals surface area contributed by atoms with Gasteiger partial charge in [0.25, 0.3) is 0 Å². The normalized spacial score (nSPS) is 11.6. The summed E-state index contributed by atoms with van der Waals surface area (Å²) in [4.78, 5) is 0. The summed E-state index contributed by atoms with van der Waals surface area (Å²) in [6.07, 6.45) is 0. The van der Waals surface area contributed by atoms with Crippen LogP contribution in [0.25, 0.3) is 22.3 Å². The maximum atomic E-state index is 13.4. The molecule has 14 heavy (non-hydrogen) atoms. The third-order valence-corrected chi connectivity index (χ3v) is 2.56. The van der Waals surface area contributed by atoms with Crippen molar-refractivity contribution in [2.75, 3.05) is 0 Å². The molecule has 4 aliphatic rings. The SMILES string of the molecule is Fc1cc2ccc1-c1ccc-2cc1F. The minimum atomic E-state index is -0.359. The summed E-state index contributed by atoms with van der Waals surface area (Å²) in [5, 5.41) is 0. The Bertz CT molecular complexity index is 480. The number of benzene rings is 2. The zero-order valence-electron chi connectivity index (χ0n) is 7.22. The van der Waals surface area contributed by atoms with Gasteiger partial charge in [-0.05, 0) is 23.3 Å². The van der Waals surface area contributed by atoms with Crippen molar-refractivity contribution in [1.29, 1.82) is 0 Å². The van der Waals surface area contributed by atoms with Crippen molar-refractivity contribution in [3.05, 3.63) is 48.0 Å². The molecule has 68 valence electrons. The highest BCUT2D eigenvalue weighted by molar-refractivity contribution is 5.77. The van der Waals surface area contributed by atoms with Crippen LogP contribution in [-0.2, 0) is 0 Å². The Morgan fingerprint density at radius 3 is 1.43 bits per heavy atom. The summed E-state index contributed by atoms with van der Waals surface area (Å²) in [6, 6.07) is 9.74. The van der Waals surface area contributed by atoms with Gasteiger partial charge < -0.3 is 0 Å². The van der Waals surface area contributed by atoms with E-state index in [0.29, 0.717) is 11.1 Å². The Hall–Kier alpha value is -1.70. The lowest BCUT2D eigenvalue weighted by molar-refractivity contribution is 0.615. The molecule has 2 heteroatoms. The second-order valence-electron chi connectivity index (χ2n) is 3.39. The molecule has 0 saturated heterocycles. The third-order valence-electron chi connectivity index (χ3n) is 2.56. The van der Waals surface area contributed by atoms with Gasteiger partial charge in [0.2, 0.25) is 0 Å². The van der Waals surface area contributed by atoms with E-state index in [1.165, 1.54) is 12.1 Å². The van der Waals surface area contributed by atoms with E-state index in [0.717, 1.165) is 11.1 Å². The number of halogens is 2. The van der Waals surface area contributed by atoms with E-state index in [2.05, 4.69) is 0 Å². The highest BCUT2D eigenvalue weighted by atomic mass is 19.1. The van der Waals surface area contributed by atoms with Crippen molar-refractivity contribution >= 4 is 0 Å². The molecule has 0 N–H and O–H groups in total. The molecule has 0 nitrogen and oxygen atoms in total. The van der Waals surface area contributed by atoms with Crippen LogP contribution in [0.5, 0.6) is 0 Å². The average molecular weight is 188 g/mol. The molecule has 0 atom stereocenters. The van der Waals surface area contributed by atoms with Crippen LogP contribution in [0.2, 0.25) is 0 Å². The molecule has 0 spiro atoms. The molecule has 0 unspecified atom stereocenters. The number of hydrogen-bond donors (Lipinski definition) is 0. The summed E-state index contributed by atoms with van der Waals surface area (Å²) in [5.74, 6) is -0.717. The van der Waals surface area contributed by atoms with E-state index in [1.54, 1.807) is 24.3 Å². The van der Waals surface area contributed by atoms with E-state index in [1.807, 2.05) is 0 Å². The van der Waals surface area contributed by atoms with Crippen LogP contribution >= 0.6 is 0 Å². The Kier molecular flexibility index (Phi) is 1.32. The first-order chi connectivity index (χ1) is 6.75. The molecular weight excluding hydrogens is 182 g/mol. The molecule has 4 aliphatic carbocycles. The van der Waals surface area contributed by atoms with Gasteiger partial charge in [-0.15, -0.1) is 0 Å². The van der Waals surface area contributed by atoms with Crippen molar-refractivity contribution in [3.63, 3.8) is 0 Å². The minimum Gasteiger partial charge on any atom is -0.206 e. The van der Waals surface area contributed by atoms with E-state index in [9.17, 15) is 8.78 Å². The zero-order chi connectivity index (χ0) is 9.71. The average Bonchev–Trinajstić information content (AvgIpc) is 2.14. The molecule has 2 aromatic rings. The molecule has 0 aromatic heterocycles. The van der Waals surface area contributed by atoms with Gasteiger partial charge in [-0.25, -0.2) is 8.78 Å². The molecular formula is C12H6F2. The highest BCUT2D eigenvalue weighted by Crippen LogP contribution is 2.34. The van der Waals surface area contributed by atoms with Gasteiger partial charge in [0.15, 0.2) is 0 Å². The van der Waals surface area contributed by atoms with Gasteiger partial charge in [-0.1, -0.05) is 24.3 Å². The fourth-order valence-electron chi connectivity index (χ4n) is 1.83. The summed E-state index contributed by atoms with van der Waals surface area (Å²) >= 11 is 0. The third kappa shape index (κ3) is 0.854. The van der Waals surface area contributed by atoms with Crippen LogP contribution in [-0.4, -0.2) is 0 Å². The van der Waals surface area contributed by atoms with Crippen molar-refractivity contribution in [2.45, 2.75) is 0 Å². The lowest BCUT2D eigenvalue weighted by atomic mass is 9.93. The van der Waals surface area contributed by atoms with Crippen LogP contribution in [0, 0.1) is 11.6 Å². The van der Waals surface area contributed by atoms with Crippen LogP contribution in [0.3, 0.4) is 0 Å². The Labute approximate surface area is 79.8 Å². The fraction of sp³-hybridized carbons (Fsp3) is 0. The first kappa shape index (κ1) is 7.68. The van der Waals surface area contributed by atoms with Gasteiger partial charge in [-0.3, -0.25) is 0 Å². The van der Waals surface area contributed by atoms with Gasteiger partial charge in [-0.2, -0.15) is 0 Å². The minimum absolute atomic E-state index is 0.331. The molecule has 0 radical (unpaired) electrons. The molecule has 0 heterocycles. The molecule has 2 aromatic carbocycles. The monoisotopic (exact) mass is 188 g/mol. The van der Waals surface area contributed by atoms with E-state index < -0.39 is 0 Å². The first-order valence-electron chi connectivity index (χ1n) is 4.35. The highest BCUT2D eigenvalue weighted by Gasteiger charge is 2.15. The van der Waals surface area contributed by atoms with Crippen molar-refractivity contribution in [2.24, 2.45) is 0 Å². The maximum Gasteiger partial charge on any atom is 0.131 e. The Morgan fingerprint density at radius 2 is 1.07 bits per heavy atom. The van der Waals surface area contributed by atoms with Crippen molar-refractivity contribution in [3.8, 4) is 22.3 Å². The quantitative estimate of drug-likeness (QED) is 0.505. The fourth-order valence-corrected chi connectivity index (χ4v) is 1.83. The van der Waals surface area contributed by atoms with Crippen molar-refractivity contribution in [1.82, 2.24) is 0 Å². The van der Waals surface area contributed by atoms with Gasteiger partial charge in [0.05, 0.1) is 0 Å². The largest absolute Gasteiger partial charge is 0.206 e. The second-order valence-corrected chi connectivity index (χ2v) is 3.39. The standard InChI is InChI=1S/C12H6F2/c13-11-5-7-1-3-9(11)10-4-2-8(7)6-12(10)14/h1-6H. The van der Waals surface area contributed by atoms with Gasteiger partial charge in [0, 0.05) is 11.1 Å². The smallest absolute Gasteiger partial charge is 0.131 e. The first-order valence-corrected chi connectivity index (χ1v) is 4.35. The topological polar surface area (TPSA) is 0 Å². The molecule has 0 amide bonds. The molecule has 4 bridgehead atoms. The van der Waals surface area contributed by atoms with E-state index >= 15 is 0 Å². The predicted molar refractivity (Wildman–Crippen MR) is 50.8 cm³/mol. The lowest BCUT2D eigenvalue weighted by Crippen LogP contribution is -1.94. The summed E-state index contributed by atoms with van der Waals surface area (Å²) < 4.78 is 26.9. The van der Waals surface area contributed by atoms with Crippen LogP contribution in [0.1, 0.15) is 0 Å². The second kappa shape index (κ2) is 2.41. The molecule has 0 fully saturated rings. The summed E-state index contributed by atoms with van der Waals surface area (Å²) in [7, 11) is 0. The van der Waals surface area contributed by atoms with Crippen LogP contribution < -0.4 is 0 Å². The van der Waals surface area contributed by atoms with Gasteiger partial charge in [0.1, 0.15) is 11.6 Å². The number of rotatable bonds is 0. The Balaban J connectivity index is 2.52. The van der Waals surface area contributed by atoms with E-state index in [4.69, 9.17) is 0 Å². The lowest BCUT2D eigenvalue weighted by Gasteiger charge is -2.13.